The van der Waals surface area contributed by atoms with E-state index in [2.05, 4.69) is 47.2 Å². The van der Waals surface area contributed by atoms with Crippen LogP contribution < -0.4 is 10.2 Å². The molecule has 0 unspecified atom stereocenters. The molecule has 0 fully saturated rings. The van der Waals surface area contributed by atoms with Crippen molar-refractivity contribution in [3.05, 3.63) is 47.7 Å². The van der Waals surface area contributed by atoms with Gasteiger partial charge in [0, 0.05) is 12.7 Å². The van der Waals surface area contributed by atoms with Crippen LogP contribution in [0.1, 0.15) is 18.1 Å². The van der Waals surface area contributed by atoms with Crippen LogP contribution in [0.5, 0.6) is 0 Å². The third-order valence-corrected chi connectivity index (χ3v) is 3.74. The summed E-state index contributed by atoms with van der Waals surface area (Å²) in [5.74, 6) is 0.829. The fourth-order valence-electron chi connectivity index (χ4n) is 2.36. The number of benzene rings is 1. The zero-order valence-electron chi connectivity index (χ0n) is 11.0. The van der Waals surface area contributed by atoms with Crippen LogP contribution in [0.3, 0.4) is 0 Å². The van der Waals surface area contributed by atoms with Crippen molar-refractivity contribution in [2.75, 3.05) is 16.8 Å². The third-order valence-electron chi connectivity index (χ3n) is 3.30. The standard InChI is InChI=1S/C15H15N3S/c1-3-18-13-7-6-10(2)9-12(13)17-14-11(15(18)19)5-4-8-16-14/h4-9H,3H2,1-2H3,(H,16,17). The van der Waals surface area contributed by atoms with Crippen molar-refractivity contribution in [1.29, 1.82) is 0 Å². The van der Waals surface area contributed by atoms with E-state index >= 15 is 0 Å². The first kappa shape index (κ1) is 12.1. The lowest BCUT2D eigenvalue weighted by Crippen LogP contribution is -2.29. The molecule has 0 radical (unpaired) electrons. The number of fused-ring (bicyclic) bond motifs is 2. The molecule has 0 bridgehead atoms. The van der Waals surface area contributed by atoms with E-state index < -0.39 is 0 Å². The van der Waals surface area contributed by atoms with Crippen molar-refractivity contribution in [3.63, 3.8) is 0 Å². The number of hydrogen-bond donors (Lipinski definition) is 1. The summed E-state index contributed by atoms with van der Waals surface area (Å²) < 4.78 is 0. The number of aromatic nitrogens is 1. The van der Waals surface area contributed by atoms with Crippen molar-refractivity contribution in [2.24, 2.45) is 0 Å². The number of anilines is 3. The molecular formula is C15H15N3S. The quantitative estimate of drug-likeness (QED) is 0.800. The Hall–Kier alpha value is -1.94. The Balaban J connectivity index is 2.24. The van der Waals surface area contributed by atoms with Crippen LogP contribution >= 0.6 is 12.2 Å². The van der Waals surface area contributed by atoms with Gasteiger partial charge in [-0.05, 0) is 43.7 Å². The Morgan fingerprint density at radius 2 is 2.16 bits per heavy atom. The Morgan fingerprint density at radius 1 is 1.32 bits per heavy atom. The highest BCUT2D eigenvalue weighted by molar-refractivity contribution is 7.81. The first-order valence-corrected chi connectivity index (χ1v) is 6.76. The van der Waals surface area contributed by atoms with Gasteiger partial charge in [0.1, 0.15) is 10.8 Å². The largest absolute Gasteiger partial charge is 0.338 e. The molecule has 0 aliphatic carbocycles. The van der Waals surface area contributed by atoms with Crippen LogP contribution in [-0.4, -0.2) is 16.5 Å². The van der Waals surface area contributed by atoms with Crippen LogP contribution in [-0.2, 0) is 0 Å². The molecule has 1 aromatic heterocycles. The highest BCUT2D eigenvalue weighted by Crippen LogP contribution is 2.35. The molecule has 3 rings (SSSR count). The van der Waals surface area contributed by atoms with E-state index in [-0.39, 0.29) is 0 Å². The Bertz CT molecular complexity index is 652. The number of pyridine rings is 1. The van der Waals surface area contributed by atoms with Gasteiger partial charge in [-0.2, -0.15) is 0 Å². The molecule has 0 atom stereocenters. The number of nitrogens with one attached hydrogen (secondary N) is 1. The summed E-state index contributed by atoms with van der Waals surface area (Å²) in [6, 6.07) is 10.3. The van der Waals surface area contributed by atoms with E-state index in [0.717, 1.165) is 34.3 Å². The van der Waals surface area contributed by atoms with E-state index in [1.807, 2.05) is 12.1 Å². The summed E-state index contributed by atoms with van der Waals surface area (Å²) >= 11 is 5.62. The summed E-state index contributed by atoms with van der Waals surface area (Å²) in [7, 11) is 0. The van der Waals surface area contributed by atoms with Crippen LogP contribution in [0.4, 0.5) is 17.2 Å². The molecule has 2 aromatic rings. The van der Waals surface area contributed by atoms with Gasteiger partial charge in [0.2, 0.25) is 0 Å². The minimum Gasteiger partial charge on any atom is -0.338 e. The number of rotatable bonds is 1. The summed E-state index contributed by atoms with van der Waals surface area (Å²) in [6.07, 6.45) is 1.78. The van der Waals surface area contributed by atoms with Gasteiger partial charge in [-0.25, -0.2) is 4.98 Å². The molecule has 96 valence electrons. The van der Waals surface area contributed by atoms with Crippen molar-refractivity contribution in [3.8, 4) is 0 Å². The minimum atomic E-state index is 0.820. The van der Waals surface area contributed by atoms with Gasteiger partial charge >= 0.3 is 0 Å². The molecule has 1 aromatic carbocycles. The molecule has 0 saturated carbocycles. The molecule has 1 aliphatic rings. The van der Waals surface area contributed by atoms with Crippen LogP contribution in [0.25, 0.3) is 0 Å². The van der Waals surface area contributed by atoms with Crippen molar-refractivity contribution >= 4 is 34.4 Å². The summed E-state index contributed by atoms with van der Waals surface area (Å²) in [5.41, 5.74) is 4.36. The van der Waals surface area contributed by atoms with Gasteiger partial charge in [0.25, 0.3) is 0 Å². The predicted molar refractivity (Wildman–Crippen MR) is 83.4 cm³/mol. The SMILES string of the molecule is CCN1C(=S)c2cccnc2Nc2cc(C)ccc21. The zero-order valence-corrected chi connectivity index (χ0v) is 11.8. The smallest absolute Gasteiger partial charge is 0.140 e. The summed E-state index contributed by atoms with van der Waals surface area (Å²) in [4.78, 5) is 7.37. The van der Waals surface area contributed by atoms with Crippen LogP contribution in [0, 0.1) is 6.92 Å². The lowest BCUT2D eigenvalue weighted by Gasteiger charge is -2.23. The lowest BCUT2D eigenvalue weighted by atomic mass is 10.1. The average molecular weight is 269 g/mol. The van der Waals surface area contributed by atoms with Crippen molar-refractivity contribution in [2.45, 2.75) is 13.8 Å². The highest BCUT2D eigenvalue weighted by Gasteiger charge is 2.23. The van der Waals surface area contributed by atoms with Crippen LogP contribution in [0.2, 0.25) is 0 Å². The van der Waals surface area contributed by atoms with Crippen molar-refractivity contribution in [1.82, 2.24) is 4.98 Å². The van der Waals surface area contributed by atoms with Crippen LogP contribution in [0.15, 0.2) is 36.5 Å². The second kappa shape index (κ2) is 4.63. The highest BCUT2D eigenvalue weighted by atomic mass is 32.1. The molecule has 2 heterocycles. The fraction of sp³-hybridized carbons (Fsp3) is 0.200. The molecule has 0 saturated heterocycles. The average Bonchev–Trinajstić information content (AvgIpc) is 2.53. The Morgan fingerprint density at radius 3 is 2.95 bits per heavy atom. The maximum Gasteiger partial charge on any atom is 0.140 e. The Labute approximate surface area is 118 Å². The minimum absolute atomic E-state index is 0.820. The van der Waals surface area contributed by atoms with E-state index in [9.17, 15) is 0 Å². The lowest BCUT2D eigenvalue weighted by molar-refractivity contribution is 1.07. The molecule has 0 amide bonds. The van der Waals surface area contributed by atoms with Gasteiger partial charge in [0.15, 0.2) is 0 Å². The van der Waals surface area contributed by atoms with Gasteiger partial charge in [-0.1, -0.05) is 18.3 Å². The molecule has 19 heavy (non-hydrogen) atoms. The number of thiocarbonyl (C=S) groups is 1. The predicted octanol–water partition coefficient (Wildman–Crippen LogP) is 3.65. The fourth-order valence-corrected chi connectivity index (χ4v) is 2.75. The normalized spacial score (nSPS) is 13.4. The number of aryl methyl sites for hydroxylation is 1. The second-order valence-corrected chi connectivity index (χ2v) is 4.98. The number of hydrogen-bond acceptors (Lipinski definition) is 3. The molecule has 1 N–H and O–H groups in total. The van der Waals surface area contributed by atoms with Crippen molar-refractivity contribution < 1.29 is 0 Å². The zero-order chi connectivity index (χ0) is 13.4. The van der Waals surface area contributed by atoms with Gasteiger partial charge < -0.3 is 10.2 Å². The van der Waals surface area contributed by atoms with E-state index in [4.69, 9.17) is 12.2 Å². The number of nitrogens with zero attached hydrogens (tertiary/aromatic N) is 2. The maximum absolute atomic E-state index is 5.62. The first-order chi connectivity index (χ1) is 9.20. The molecular weight excluding hydrogens is 254 g/mol. The molecule has 1 aliphatic heterocycles. The summed E-state index contributed by atoms with van der Waals surface area (Å²) in [5, 5.41) is 3.40. The Kier molecular flexibility index (Phi) is 2.95. The topological polar surface area (TPSA) is 28.2 Å². The molecule has 4 heteroatoms. The van der Waals surface area contributed by atoms with E-state index in [1.54, 1.807) is 6.20 Å². The van der Waals surface area contributed by atoms with E-state index in [1.165, 1.54) is 5.56 Å². The maximum atomic E-state index is 5.62. The van der Waals surface area contributed by atoms with Gasteiger partial charge in [-0.15, -0.1) is 0 Å². The molecule has 0 spiro atoms. The first-order valence-electron chi connectivity index (χ1n) is 6.35. The molecule has 3 nitrogen and oxygen atoms in total. The van der Waals surface area contributed by atoms with Gasteiger partial charge in [0.05, 0.1) is 16.9 Å². The third kappa shape index (κ3) is 1.98. The monoisotopic (exact) mass is 269 g/mol. The summed E-state index contributed by atoms with van der Waals surface area (Å²) in [6.45, 7) is 5.03. The second-order valence-electron chi connectivity index (χ2n) is 4.59. The van der Waals surface area contributed by atoms with Gasteiger partial charge in [-0.3, -0.25) is 0 Å². The van der Waals surface area contributed by atoms with E-state index in [0.29, 0.717) is 0 Å².